The average molecular weight is 643 g/mol. The molecule has 2 amide bonds. The summed E-state index contributed by atoms with van der Waals surface area (Å²) in [6, 6.07) is 18.5. The van der Waals surface area contributed by atoms with Gasteiger partial charge in [-0.25, -0.2) is 0 Å². The molecule has 6 rings (SSSR count). The van der Waals surface area contributed by atoms with E-state index in [0.29, 0.717) is 56.3 Å². The van der Waals surface area contributed by atoms with Crippen LogP contribution in [0.1, 0.15) is 48.8 Å². The molecule has 11 heteroatoms. The molecule has 3 aromatic rings. The van der Waals surface area contributed by atoms with E-state index in [1.165, 1.54) is 7.11 Å². The fourth-order valence-electron chi connectivity index (χ4n) is 7.20. The molecule has 47 heavy (non-hydrogen) atoms. The van der Waals surface area contributed by atoms with Gasteiger partial charge in [-0.15, -0.1) is 0 Å². The molecule has 3 atom stereocenters. The Hall–Kier alpha value is -4.61. The van der Waals surface area contributed by atoms with Crippen LogP contribution in [0.5, 0.6) is 17.2 Å². The first-order valence-corrected chi connectivity index (χ1v) is 16.2. The highest BCUT2D eigenvalue weighted by molar-refractivity contribution is 6.01. The number of carboxylic acid groups (broad SMARTS) is 1. The van der Waals surface area contributed by atoms with Gasteiger partial charge in [0, 0.05) is 49.5 Å². The number of aliphatic carboxylic acids is 1. The molecule has 0 aromatic heterocycles. The van der Waals surface area contributed by atoms with Crippen LogP contribution in [-0.4, -0.2) is 73.9 Å². The SMILES string of the molecule is CCCCN(C(=O)CN1C[C@H](c2cc(OC)c3c(c2)OCO3)C(C(=O)O)[C@@H]1CCN1C(=O)Cc2ccccc21)c1cccc(CN)c1. The Morgan fingerprint density at radius 1 is 1.11 bits per heavy atom. The second-order valence-electron chi connectivity index (χ2n) is 12.3. The number of hydrogen-bond donors (Lipinski definition) is 2. The summed E-state index contributed by atoms with van der Waals surface area (Å²) in [6.07, 6.45) is 2.42. The summed E-state index contributed by atoms with van der Waals surface area (Å²) < 4.78 is 16.9. The molecule has 0 saturated carbocycles. The van der Waals surface area contributed by atoms with Crippen molar-refractivity contribution in [2.45, 2.75) is 51.1 Å². The van der Waals surface area contributed by atoms with Crippen LogP contribution < -0.4 is 29.7 Å². The molecule has 248 valence electrons. The highest BCUT2D eigenvalue weighted by Gasteiger charge is 2.48. The van der Waals surface area contributed by atoms with Crippen molar-refractivity contribution in [2.75, 3.05) is 49.9 Å². The van der Waals surface area contributed by atoms with E-state index in [4.69, 9.17) is 19.9 Å². The molecule has 3 N–H and O–H groups in total. The Morgan fingerprint density at radius 3 is 2.70 bits per heavy atom. The second kappa shape index (κ2) is 14.0. The van der Waals surface area contributed by atoms with Gasteiger partial charge < -0.3 is 34.9 Å². The molecule has 3 aliphatic heterocycles. The van der Waals surface area contributed by atoms with Gasteiger partial charge >= 0.3 is 5.97 Å². The van der Waals surface area contributed by atoms with Crippen molar-refractivity contribution < 1.29 is 33.7 Å². The predicted molar refractivity (Wildman–Crippen MR) is 177 cm³/mol. The lowest BCUT2D eigenvalue weighted by Crippen LogP contribution is -2.46. The normalized spacial score (nSPS) is 20.0. The predicted octanol–water partition coefficient (Wildman–Crippen LogP) is 4.16. The number of unbranched alkanes of at least 4 members (excludes halogenated alkanes) is 1. The van der Waals surface area contributed by atoms with Gasteiger partial charge in [0.25, 0.3) is 0 Å². The standard InChI is InChI=1S/C36H42N4O7/c1-3-4-13-39(26-10-7-8-23(15-26)19-37)33(42)21-38-20-27(25-16-30(45-2)35-31(17-25)46-22-47-35)34(36(43)44)29(38)12-14-40-28-11-6-5-9-24(28)18-32(40)41/h5-11,15-17,27,29,34H,3-4,12-14,18-22,37H2,1-2H3,(H,43,44)/t27-,29+,34?/m1/s1. The van der Waals surface area contributed by atoms with E-state index in [1.807, 2.05) is 65.6 Å². The van der Waals surface area contributed by atoms with Gasteiger partial charge in [0.05, 0.1) is 26.0 Å². The maximum atomic E-state index is 14.2. The summed E-state index contributed by atoms with van der Waals surface area (Å²) in [4.78, 5) is 45.9. The van der Waals surface area contributed by atoms with Gasteiger partial charge in [0.15, 0.2) is 11.5 Å². The van der Waals surface area contributed by atoms with E-state index in [2.05, 4.69) is 6.92 Å². The fourth-order valence-corrected chi connectivity index (χ4v) is 7.20. The molecule has 0 aliphatic carbocycles. The first kappa shape index (κ1) is 32.3. The number of para-hydroxylation sites is 1. The smallest absolute Gasteiger partial charge is 0.308 e. The third-order valence-corrected chi connectivity index (χ3v) is 9.55. The maximum absolute atomic E-state index is 14.2. The molecular formula is C36H42N4O7. The first-order valence-electron chi connectivity index (χ1n) is 16.2. The van der Waals surface area contributed by atoms with Crippen molar-refractivity contribution in [3.8, 4) is 17.2 Å². The zero-order valence-electron chi connectivity index (χ0n) is 26.9. The number of carbonyl (C=O) groups is 3. The summed E-state index contributed by atoms with van der Waals surface area (Å²) in [6.45, 7) is 3.71. The number of anilines is 2. The Morgan fingerprint density at radius 2 is 1.94 bits per heavy atom. The highest BCUT2D eigenvalue weighted by atomic mass is 16.7. The third-order valence-electron chi connectivity index (χ3n) is 9.55. The summed E-state index contributed by atoms with van der Waals surface area (Å²) >= 11 is 0. The molecule has 3 aromatic carbocycles. The lowest BCUT2D eigenvalue weighted by molar-refractivity contribution is -0.143. The van der Waals surface area contributed by atoms with Crippen LogP contribution >= 0.6 is 0 Å². The molecule has 11 nitrogen and oxygen atoms in total. The number of fused-ring (bicyclic) bond motifs is 2. The number of hydrogen-bond acceptors (Lipinski definition) is 8. The van der Waals surface area contributed by atoms with Crippen molar-refractivity contribution >= 4 is 29.2 Å². The van der Waals surface area contributed by atoms with Crippen molar-refractivity contribution in [3.63, 3.8) is 0 Å². The topological polar surface area (TPSA) is 135 Å². The monoisotopic (exact) mass is 642 g/mol. The summed E-state index contributed by atoms with van der Waals surface area (Å²) in [5.41, 5.74) is 10.2. The van der Waals surface area contributed by atoms with Crippen molar-refractivity contribution in [1.29, 1.82) is 0 Å². The molecule has 1 fully saturated rings. The maximum Gasteiger partial charge on any atom is 0.308 e. The summed E-state index contributed by atoms with van der Waals surface area (Å²) in [7, 11) is 1.54. The quantitative estimate of drug-likeness (QED) is 0.282. The number of rotatable bonds is 13. The Labute approximate surface area is 274 Å². The van der Waals surface area contributed by atoms with Crippen LogP contribution in [0, 0.1) is 5.92 Å². The highest BCUT2D eigenvalue weighted by Crippen LogP contribution is 2.47. The van der Waals surface area contributed by atoms with Gasteiger partial charge in [-0.2, -0.15) is 0 Å². The summed E-state index contributed by atoms with van der Waals surface area (Å²) in [5, 5.41) is 10.7. The third kappa shape index (κ3) is 6.50. The zero-order valence-corrected chi connectivity index (χ0v) is 26.9. The Balaban J connectivity index is 1.33. The Kier molecular flexibility index (Phi) is 9.65. The van der Waals surface area contributed by atoms with Gasteiger partial charge in [-0.1, -0.05) is 43.7 Å². The fraction of sp³-hybridized carbons (Fsp3) is 0.417. The number of carboxylic acids is 1. The van der Waals surface area contributed by atoms with Crippen LogP contribution in [0.25, 0.3) is 0 Å². The van der Waals surface area contributed by atoms with Gasteiger partial charge in [0.1, 0.15) is 0 Å². The van der Waals surface area contributed by atoms with Crippen molar-refractivity contribution in [1.82, 2.24) is 4.90 Å². The molecule has 3 aliphatic rings. The van der Waals surface area contributed by atoms with Crippen LogP contribution in [0.4, 0.5) is 11.4 Å². The largest absolute Gasteiger partial charge is 0.493 e. The molecular weight excluding hydrogens is 600 g/mol. The van der Waals surface area contributed by atoms with Crippen molar-refractivity contribution in [2.24, 2.45) is 11.7 Å². The van der Waals surface area contributed by atoms with E-state index in [1.54, 1.807) is 9.80 Å². The number of ether oxygens (including phenoxy) is 3. The van der Waals surface area contributed by atoms with E-state index < -0.39 is 23.8 Å². The number of benzene rings is 3. The van der Waals surface area contributed by atoms with Crippen LogP contribution in [-0.2, 0) is 27.3 Å². The van der Waals surface area contributed by atoms with E-state index in [9.17, 15) is 19.5 Å². The summed E-state index contributed by atoms with van der Waals surface area (Å²) in [5.74, 6) is -0.963. The molecule has 0 radical (unpaired) electrons. The van der Waals surface area contributed by atoms with Crippen LogP contribution in [0.15, 0.2) is 60.7 Å². The number of methoxy groups -OCH3 is 1. The molecule has 1 saturated heterocycles. The van der Waals surface area contributed by atoms with Gasteiger partial charge in [-0.3, -0.25) is 19.3 Å². The number of amides is 2. The van der Waals surface area contributed by atoms with Crippen LogP contribution in [0.3, 0.4) is 0 Å². The number of nitrogens with two attached hydrogens (primary N) is 1. The second-order valence-corrected chi connectivity index (χ2v) is 12.3. The van der Waals surface area contributed by atoms with E-state index >= 15 is 0 Å². The lowest BCUT2D eigenvalue weighted by Gasteiger charge is -2.31. The number of nitrogens with zero attached hydrogens (tertiary/aromatic N) is 3. The molecule has 3 heterocycles. The number of likely N-dealkylation sites (tertiary alicyclic amines) is 1. The molecule has 0 spiro atoms. The van der Waals surface area contributed by atoms with Gasteiger partial charge in [0.2, 0.25) is 24.4 Å². The molecule has 0 bridgehead atoms. The zero-order chi connectivity index (χ0) is 33.1. The van der Waals surface area contributed by atoms with Crippen molar-refractivity contribution in [3.05, 3.63) is 77.4 Å². The Bertz CT molecular complexity index is 1650. The minimum atomic E-state index is -0.960. The average Bonchev–Trinajstić information content (AvgIpc) is 3.78. The van der Waals surface area contributed by atoms with Gasteiger partial charge in [-0.05, 0) is 59.9 Å². The minimum Gasteiger partial charge on any atom is -0.493 e. The minimum absolute atomic E-state index is 0.0127. The molecule has 1 unspecified atom stereocenters. The van der Waals surface area contributed by atoms with E-state index in [0.717, 1.165) is 40.9 Å². The first-order chi connectivity index (χ1) is 22.8. The van der Waals surface area contributed by atoms with E-state index in [-0.39, 0.29) is 25.2 Å². The lowest BCUT2D eigenvalue weighted by atomic mass is 9.84. The number of carbonyl (C=O) groups excluding carboxylic acids is 2. The van der Waals surface area contributed by atoms with Crippen LogP contribution in [0.2, 0.25) is 0 Å².